The largest absolute Gasteiger partial charge is 0.202 e. The molecule has 0 rings (SSSR count). The first-order valence-electron chi connectivity index (χ1n) is 0.516. The van der Waals surface area contributed by atoms with Crippen molar-refractivity contribution in [1.82, 2.24) is 0 Å². The van der Waals surface area contributed by atoms with Crippen molar-refractivity contribution in [1.29, 1.82) is 10.5 Å². The molecule has 0 aromatic carbocycles. The van der Waals surface area contributed by atoms with E-state index >= 15 is 0 Å². The smallest absolute Gasteiger partial charge is 0.0462 e. The molecule has 0 saturated heterocycles. The number of nitriles is 2. The molecule has 2 nitrogen and oxygen atoms in total. The van der Waals surface area contributed by atoms with Crippen LogP contribution in [0.15, 0.2) is 0 Å². The Hall–Kier alpha value is 0.227. The van der Waals surface area contributed by atoms with Gasteiger partial charge in [-0.1, -0.05) is 0 Å². The van der Waals surface area contributed by atoms with E-state index in [0.717, 1.165) is 0 Å². The number of rotatable bonds is 0. The predicted octanol–water partition coefficient (Wildman–Crippen LogP) is 0.275. The van der Waals surface area contributed by atoms with Crippen molar-refractivity contribution in [3.05, 3.63) is 0 Å². The third kappa shape index (κ3) is 856. The zero-order chi connectivity index (χ0) is 4.00. The first-order chi connectivity index (χ1) is 2.00. The van der Waals surface area contributed by atoms with Crippen LogP contribution in [0.5, 0.6) is 0 Å². The Kier molecular flexibility index (Phi) is 10400. The van der Waals surface area contributed by atoms with E-state index < -0.39 is 0 Å². The van der Waals surface area contributed by atoms with Gasteiger partial charge in [-0.15, -0.1) is 0 Å². The van der Waals surface area contributed by atoms with E-state index in [1.54, 1.807) is 0 Å². The van der Waals surface area contributed by atoms with Gasteiger partial charge in [0.1, 0.15) is 0 Å². The molecule has 0 aromatic rings. The van der Waals surface area contributed by atoms with Gasteiger partial charge >= 0.3 is 0 Å². The molecule has 0 atom stereocenters. The topological polar surface area (TPSA) is 47.6 Å². The van der Waals surface area contributed by atoms with E-state index in [0.29, 0.717) is 0 Å². The molecule has 0 spiro atoms. The Morgan fingerprint density at radius 3 is 0.667 bits per heavy atom. The second-order valence-corrected chi connectivity index (χ2v) is 0. The normalized spacial score (nSPS) is 0.667. The minimum Gasteiger partial charge on any atom is -0.202 e. The fraction of sp³-hybridized carbons (Fsp3) is 0. The summed E-state index contributed by atoms with van der Waals surface area (Å²) in [5.41, 5.74) is 0. The number of hydrogen-bond donors (Lipinski definition) is 0. The van der Waals surface area contributed by atoms with Crippen molar-refractivity contribution in [2.24, 2.45) is 0 Å². The van der Waals surface area contributed by atoms with Gasteiger partial charge in [-0.25, -0.2) is 10.5 Å². The second kappa shape index (κ2) is 1820. The molecule has 6 heavy (non-hydrogen) atoms. The van der Waals surface area contributed by atoms with Gasteiger partial charge in [0.2, 0.25) is 0 Å². The van der Waals surface area contributed by atoms with Gasteiger partial charge in [-0.3, -0.25) is 0 Å². The van der Waals surface area contributed by atoms with Crippen LogP contribution in [0.4, 0.5) is 0 Å². The SMILES string of the molecule is C#N.C#N.[Zn].[Zn]. The Balaban J connectivity index is -0.00000000500. The molecule has 24 valence electrons. The van der Waals surface area contributed by atoms with Crippen LogP contribution in [0.2, 0.25) is 0 Å². The molecular weight excluding hydrogens is 183 g/mol. The third-order valence-electron chi connectivity index (χ3n) is 0. The molecule has 0 aliphatic carbocycles. The molecule has 0 radical (unpaired) electrons. The fourth-order valence-electron chi connectivity index (χ4n) is 0. The van der Waals surface area contributed by atoms with Crippen molar-refractivity contribution in [2.45, 2.75) is 0 Å². The Morgan fingerprint density at radius 1 is 0.667 bits per heavy atom. The van der Waals surface area contributed by atoms with E-state index in [2.05, 4.69) is 13.1 Å². The summed E-state index contributed by atoms with van der Waals surface area (Å²) in [7, 11) is 0. The average Bonchev–Trinajstić information content (AvgIpc) is 1.50. The van der Waals surface area contributed by atoms with Crippen LogP contribution in [0, 0.1) is 23.7 Å². The molecule has 0 unspecified atom stereocenters. The zero-order valence-electron chi connectivity index (χ0n) is 3.46. The van der Waals surface area contributed by atoms with Crippen molar-refractivity contribution < 1.29 is 39.0 Å². The fourth-order valence-corrected chi connectivity index (χ4v) is 0. The van der Waals surface area contributed by atoms with Crippen molar-refractivity contribution in [2.75, 3.05) is 0 Å². The molecule has 0 bridgehead atoms. The minimum atomic E-state index is 0. The molecule has 0 heterocycles. The second-order valence-electron chi connectivity index (χ2n) is 0. The molecule has 0 fully saturated rings. The number of hydrogen-bond acceptors (Lipinski definition) is 2. The van der Waals surface area contributed by atoms with Crippen molar-refractivity contribution in [3.8, 4) is 13.1 Å². The van der Waals surface area contributed by atoms with Crippen molar-refractivity contribution in [3.63, 3.8) is 0 Å². The Morgan fingerprint density at radius 2 is 0.667 bits per heavy atom. The van der Waals surface area contributed by atoms with Crippen LogP contribution < -0.4 is 0 Å². The standard InChI is InChI=1S/2CHN.2Zn/c2*1-2;;/h2*1H;;. The van der Waals surface area contributed by atoms with E-state index in [4.69, 9.17) is 10.5 Å². The van der Waals surface area contributed by atoms with Gasteiger partial charge < -0.3 is 0 Å². The van der Waals surface area contributed by atoms with Crippen molar-refractivity contribution >= 4 is 0 Å². The van der Waals surface area contributed by atoms with E-state index in [-0.39, 0.29) is 39.0 Å². The first kappa shape index (κ1) is 34.3. The van der Waals surface area contributed by atoms with E-state index in [1.165, 1.54) is 0 Å². The minimum absolute atomic E-state index is 0. The number of nitrogens with zero attached hydrogens (tertiary/aromatic N) is 2. The summed E-state index contributed by atoms with van der Waals surface area (Å²) in [6.45, 7) is 7.00. The maximum atomic E-state index is 6.50. The molecular formula is C2H2N2Zn2. The summed E-state index contributed by atoms with van der Waals surface area (Å²) in [4.78, 5) is 0. The first-order valence-corrected chi connectivity index (χ1v) is 0.516. The van der Waals surface area contributed by atoms with Crippen LogP contribution >= 0.6 is 0 Å². The van der Waals surface area contributed by atoms with Crippen LogP contribution in [-0.2, 0) is 39.0 Å². The average molecular weight is 185 g/mol. The van der Waals surface area contributed by atoms with Crippen LogP contribution in [0.25, 0.3) is 0 Å². The summed E-state index contributed by atoms with van der Waals surface area (Å²) in [5.74, 6) is 0. The van der Waals surface area contributed by atoms with Gasteiger partial charge in [0.15, 0.2) is 0 Å². The maximum Gasteiger partial charge on any atom is 0.0462 e. The molecule has 4 heteroatoms. The summed E-state index contributed by atoms with van der Waals surface area (Å²) in [5, 5.41) is 13.0. The van der Waals surface area contributed by atoms with Crippen LogP contribution in [-0.4, -0.2) is 0 Å². The summed E-state index contributed by atoms with van der Waals surface area (Å²) in [6, 6.07) is 0. The zero-order valence-corrected chi connectivity index (χ0v) is 9.40. The van der Waals surface area contributed by atoms with Gasteiger partial charge in [0.25, 0.3) is 0 Å². The predicted molar refractivity (Wildman–Crippen MR) is 13.3 cm³/mol. The monoisotopic (exact) mass is 182 g/mol. The van der Waals surface area contributed by atoms with E-state index in [9.17, 15) is 0 Å². The summed E-state index contributed by atoms with van der Waals surface area (Å²) in [6.07, 6.45) is 0. The molecule has 0 saturated carbocycles. The van der Waals surface area contributed by atoms with Gasteiger partial charge in [0.05, 0.1) is 0 Å². The molecule has 0 aliphatic heterocycles. The van der Waals surface area contributed by atoms with Crippen LogP contribution in [0.3, 0.4) is 0 Å². The van der Waals surface area contributed by atoms with E-state index in [1.807, 2.05) is 0 Å². The Bertz CT molecular complexity index is 25.0. The Labute approximate surface area is 62.7 Å². The quantitative estimate of drug-likeness (QED) is 0.508. The molecule has 0 N–H and O–H groups in total. The van der Waals surface area contributed by atoms with Gasteiger partial charge in [-0.2, -0.15) is 0 Å². The van der Waals surface area contributed by atoms with Gasteiger partial charge in [0, 0.05) is 52.1 Å². The third-order valence-corrected chi connectivity index (χ3v) is 0. The van der Waals surface area contributed by atoms with Gasteiger partial charge in [-0.05, 0) is 0 Å². The van der Waals surface area contributed by atoms with Crippen LogP contribution in [0.1, 0.15) is 0 Å². The maximum absolute atomic E-state index is 6.50. The molecule has 0 aliphatic rings. The molecule has 0 aromatic heterocycles. The summed E-state index contributed by atoms with van der Waals surface area (Å²) < 4.78 is 0. The molecule has 0 amide bonds. The summed E-state index contributed by atoms with van der Waals surface area (Å²) >= 11 is 0.